The Morgan fingerprint density at radius 2 is 1.58 bits per heavy atom. The van der Waals surface area contributed by atoms with Crippen LogP contribution in [0, 0.1) is 30.6 Å². The van der Waals surface area contributed by atoms with Gasteiger partial charge in [0.25, 0.3) is 11.7 Å². The number of carbonyl (C=O) groups is 3. The normalized spacial score (nSPS) is 30.7. The molecule has 0 saturated heterocycles. The van der Waals surface area contributed by atoms with E-state index in [2.05, 4.69) is 10.4 Å². The van der Waals surface area contributed by atoms with Gasteiger partial charge in [-0.1, -0.05) is 45.9 Å². The second-order valence-corrected chi connectivity index (χ2v) is 14.5. The SMILES string of the molecule is CO[C@H]1/C=C/O[C@@]2(C)Oc3c(C)c(O)c4c(O)c(c(/C=N/N(OC)OC)c(O)c4c3C2=O)NC(=O)/C(C)=C\C=C\[C@H](C)[C@H](O)[C@@H](C)[C@@H](O)[C@@H](C)[C@H](OC(C)=O)[C@@H]1C. The second kappa shape index (κ2) is 17.9. The first-order valence-electron chi connectivity index (χ1n) is 18.3. The minimum atomic E-state index is -2.08. The number of hydrogen-bond donors (Lipinski definition) is 6. The van der Waals surface area contributed by atoms with E-state index in [1.165, 1.54) is 67.4 Å². The summed E-state index contributed by atoms with van der Waals surface area (Å²) in [6.07, 6.45) is 4.32. The zero-order valence-electron chi connectivity index (χ0n) is 33.9. The molecule has 3 heterocycles. The molecule has 0 radical (unpaired) electrons. The molecule has 0 fully saturated rings. The number of hydrazone groups is 1. The first-order valence-corrected chi connectivity index (χ1v) is 18.3. The number of nitrogens with zero attached hydrogens (tertiary/aromatic N) is 2. The van der Waals surface area contributed by atoms with Crippen LogP contribution in [-0.4, -0.2) is 106 Å². The topological polar surface area (TPSA) is 235 Å². The van der Waals surface area contributed by atoms with Gasteiger partial charge >= 0.3 is 11.8 Å². The van der Waals surface area contributed by atoms with Gasteiger partial charge in [-0.25, -0.2) is 9.68 Å². The fraction of sp³-hybridized carbons (Fsp3) is 0.500. The third kappa shape index (κ3) is 8.72. The van der Waals surface area contributed by atoms with Crippen LogP contribution in [0.3, 0.4) is 0 Å². The van der Waals surface area contributed by atoms with Crippen LogP contribution in [0.1, 0.15) is 70.0 Å². The zero-order valence-corrected chi connectivity index (χ0v) is 33.9. The van der Waals surface area contributed by atoms with Gasteiger partial charge in [0, 0.05) is 61.2 Å². The molecule has 2 aromatic rings. The number of aliphatic hydroxyl groups is 2. The lowest BCUT2D eigenvalue weighted by Gasteiger charge is -2.38. The number of benzene rings is 2. The number of methoxy groups -OCH3 is 1. The highest BCUT2D eigenvalue weighted by molar-refractivity contribution is 6.23. The number of phenols is 3. The van der Waals surface area contributed by atoms with Crippen molar-refractivity contribution in [2.45, 2.75) is 85.6 Å². The summed E-state index contributed by atoms with van der Waals surface area (Å²) < 4.78 is 23.4. The first kappa shape index (κ1) is 44.5. The molecule has 0 aliphatic carbocycles. The average molecular weight is 800 g/mol. The van der Waals surface area contributed by atoms with Crippen LogP contribution < -0.4 is 10.1 Å². The van der Waals surface area contributed by atoms with E-state index in [4.69, 9.17) is 28.6 Å². The lowest BCUT2D eigenvalue weighted by Crippen LogP contribution is -2.46. The Morgan fingerprint density at radius 1 is 0.930 bits per heavy atom. The number of allylic oxidation sites excluding steroid dienone is 2. The summed E-state index contributed by atoms with van der Waals surface area (Å²) in [7, 11) is 3.90. The van der Waals surface area contributed by atoms with Crippen LogP contribution in [0.4, 0.5) is 5.69 Å². The Labute approximate surface area is 330 Å². The van der Waals surface area contributed by atoms with Crippen LogP contribution in [0.15, 0.2) is 41.2 Å². The Hall–Kier alpha value is -5.20. The van der Waals surface area contributed by atoms with E-state index in [-0.39, 0.29) is 44.5 Å². The molecule has 0 spiro atoms. The number of phenolic OH excluding ortho intramolecular Hbond substituents is 3. The number of fused-ring (bicyclic) bond motifs is 14. The van der Waals surface area contributed by atoms with Gasteiger partial charge in [-0.2, -0.15) is 0 Å². The maximum Gasteiger partial charge on any atom is 0.312 e. The van der Waals surface area contributed by atoms with E-state index in [0.29, 0.717) is 5.34 Å². The lowest BCUT2D eigenvalue weighted by molar-refractivity contribution is -0.343. The molecule has 312 valence electrons. The van der Waals surface area contributed by atoms with Gasteiger partial charge in [0.1, 0.15) is 23.4 Å². The summed E-state index contributed by atoms with van der Waals surface area (Å²) in [5.74, 6) is -8.91. The van der Waals surface area contributed by atoms with E-state index in [1.807, 2.05) is 0 Å². The number of aliphatic hydroxyl groups excluding tert-OH is 2. The maximum atomic E-state index is 14.3. The number of hydrogen-bond acceptors (Lipinski definition) is 16. The van der Waals surface area contributed by atoms with Gasteiger partial charge < -0.3 is 49.8 Å². The standard InChI is InChI=1S/C40H53N3O14/c1-18-13-12-14-19(2)39(51)42-30-25(17-41-43(53-10)54-11)34(48)27-28(35(30)49)33(47)23(6)37-29(27)38(50)40(8,57-37)55-16-15-26(52-9)20(3)36(56-24(7)44)22(5)32(46)21(4)31(18)45/h12-18,20-22,26,31-32,36,45-49H,1-11H3,(H,42,51)/b13-12+,16-15+,19-14-,41-17+/t18-,20+,21+,22+,26-,31-,32+,36+,40-/m0/s1. The van der Waals surface area contributed by atoms with Crippen molar-refractivity contribution in [3.8, 4) is 23.0 Å². The van der Waals surface area contributed by atoms with Crippen molar-refractivity contribution in [3.05, 3.63) is 52.8 Å². The number of ketones is 1. The number of Topliss-reactive ketones (excluding diaryl/α,β-unsaturated/α-hetero) is 1. The van der Waals surface area contributed by atoms with Crippen LogP contribution >= 0.6 is 0 Å². The van der Waals surface area contributed by atoms with Crippen LogP contribution in [-0.2, 0) is 33.5 Å². The Bertz CT molecular complexity index is 1990. The molecule has 2 aromatic carbocycles. The highest BCUT2D eigenvalue weighted by atomic mass is 17.0. The molecule has 3 aliphatic rings. The third-order valence-electron chi connectivity index (χ3n) is 10.6. The minimum Gasteiger partial charge on any atom is -0.507 e. The van der Waals surface area contributed by atoms with E-state index in [1.54, 1.807) is 39.8 Å². The molecule has 5 rings (SSSR count). The fourth-order valence-corrected chi connectivity index (χ4v) is 7.15. The van der Waals surface area contributed by atoms with Crippen molar-refractivity contribution in [3.63, 3.8) is 0 Å². The Balaban J connectivity index is 1.99. The fourth-order valence-electron chi connectivity index (χ4n) is 7.15. The smallest absolute Gasteiger partial charge is 0.312 e. The Morgan fingerprint density at radius 3 is 2.18 bits per heavy atom. The molecule has 57 heavy (non-hydrogen) atoms. The molecule has 17 heteroatoms. The molecule has 17 nitrogen and oxygen atoms in total. The molecular weight excluding hydrogens is 746 g/mol. The van der Waals surface area contributed by atoms with Crippen molar-refractivity contribution in [1.29, 1.82) is 0 Å². The maximum absolute atomic E-state index is 14.3. The van der Waals surface area contributed by atoms with Crippen molar-refractivity contribution in [2.75, 3.05) is 26.6 Å². The predicted octanol–water partition coefficient (Wildman–Crippen LogP) is 4.51. The quantitative estimate of drug-likeness (QED) is 0.0775. The van der Waals surface area contributed by atoms with Gasteiger partial charge in [0.05, 0.1) is 67.2 Å². The molecule has 9 atom stereocenters. The molecule has 0 unspecified atom stereocenters. The summed E-state index contributed by atoms with van der Waals surface area (Å²) in [5, 5.41) is 64.4. The molecule has 0 aromatic heterocycles. The van der Waals surface area contributed by atoms with Crippen LogP contribution in [0.5, 0.6) is 23.0 Å². The molecule has 5 bridgehead atoms. The van der Waals surface area contributed by atoms with Gasteiger partial charge in [0.2, 0.25) is 0 Å². The molecule has 0 saturated carbocycles. The van der Waals surface area contributed by atoms with Crippen molar-refractivity contribution in [2.24, 2.45) is 28.8 Å². The van der Waals surface area contributed by atoms with Gasteiger partial charge in [0.15, 0.2) is 5.75 Å². The highest BCUT2D eigenvalue weighted by Crippen LogP contribution is 2.55. The van der Waals surface area contributed by atoms with E-state index >= 15 is 0 Å². The number of ether oxygens (including phenoxy) is 4. The number of aromatic hydroxyl groups is 3. The van der Waals surface area contributed by atoms with Crippen molar-refractivity contribution < 1.29 is 68.5 Å². The average Bonchev–Trinajstić information content (AvgIpc) is 3.44. The summed E-state index contributed by atoms with van der Waals surface area (Å²) >= 11 is 0. The summed E-state index contributed by atoms with van der Waals surface area (Å²) in [6, 6.07) is 0. The second-order valence-electron chi connectivity index (χ2n) is 14.5. The molecular formula is C40H53N3O14. The lowest BCUT2D eigenvalue weighted by atomic mass is 9.78. The number of carbonyl (C=O) groups excluding carboxylic acids is 3. The summed E-state index contributed by atoms with van der Waals surface area (Å²) in [6.45, 7) is 12.3. The largest absolute Gasteiger partial charge is 0.507 e. The van der Waals surface area contributed by atoms with Gasteiger partial charge in [-0.05, 0) is 25.3 Å². The number of amides is 1. The zero-order chi connectivity index (χ0) is 42.7. The highest BCUT2D eigenvalue weighted by Gasteiger charge is 2.50. The van der Waals surface area contributed by atoms with E-state index in [9.17, 15) is 39.9 Å². The van der Waals surface area contributed by atoms with E-state index < -0.39 is 88.8 Å². The summed E-state index contributed by atoms with van der Waals surface area (Å²) in [4.78, 5) is 50.2. The van der Waals surface area contributed by atoms with E-state index in [0.717, 1.165) is 6.21 Å². The third-order valence-corrected chi connectivity index (χ3v) is 10.6. The number of nitrogens with one attached hydrogen (secondary N) is 1. The summed E-state index contributed by atoms with van der Waals surface area (Å²) in [5.41, 5.74) is -0.815. The van der Waals surface area contributed by atoms with Gasteiger partial charge in [-0.3, -0.25) is 14.4 Å². The Kier molecular flexibility index (Phi) is 14.0. The van der Waals surface area contributed by atoms with Crippen LogP contribution in [0.25, 0.3) is 10.8 Å². The van der Waals surface area contributed by atoms with Gasteiger partial charge in [-0.15, -0.1) is 5.10 Å². The number of anilines is 1. The number of rotatable bonds is 6. The molecule has 3 aliphatic heterocycles. The van der Waals surface area contributed by atoms with Crippen molar-refractivity contribution >= 4 is 40.3 Å². The molecule has 6 N–H and O–H groups in total. The minimum absolute atomic E-state index is 0.0120. The first-order chi connectivity index (χ1) is 26.8. The van der Waals surface area contributed by atoms with Crippen molar-refractivity contribution in [1.82, 2.24) is 5.34 Å². The van der Waals surface area contributed by atoms with Crippen LogP contribution in [0.2, 0.25) is 0 Å². The number of esters is 1. The molecule has 1 amide bonds. The predicted molar refractivity (Wildman–Crippen MR) is 207 cm³/mol. The monoisotopic (exact) mass is 799 g/mol.